The predicted molar refractivity (Wildman–Crippen MR) is 96.6 cm³/mol. The lowest BCUT2D eigenvalue weighted by Gasteiger charge is -2.28. The Hall–Kier alpha value is -3.28. The van der Waals surface area contributed by atoms with Gasteiger partial charge in [-0.05, 0) is 41.8 Å². The summed E-state index contributed by atoms with van der Waals surface area (Å²) < 4.78 is 12.9. The van der Waals surface area contributed by atoms with Crippen LogP contribution >= 0.6 is 0 Å². The molecule has 1 aromatic heterocycles. The fraction of sp³-hybridized carbons (Fsp3) is 0.150. The topological polar surface area (TPSA) is 58.1 Å². The van der Waals surface area contributed by atoms with Crippen LogP contribution in [0.15, 0.2) is 60.9 Å². The average molecular weight is 348 g/mol. The summed E-state index contributed by atoms with van der Waals surface area (Å²) in [6, 6.07) is 14.1. The standard InChI is InChI=1S/C20H17FN4O/c21-17-5-7-18(8-6-17)24-20-22-11-16(12-23-20)19(26)25-10-9-14-3-1-2-4-15(14)13-25/h1-8,11-12H,9-10,13H2,(H,22,23,24). The maximum absolute atomic E-state index is 12.9. The largest absolute Gasteiger partial charge is 0.334 e. The molecule has 1 aliphatic rings. The van der Waals surface area contributed by atoms with Gasteiger partial charge in [0.15, 0.2) is 0 Å². The number of hydrogen-bond donors (Lipinski definition) is 1. The van der Waals surface area contributed by atoms with Crippen LogP contribution < -0.4 is 5.32 Å². The van der Waals surface area contributed by atoms with E-state index in [1.165, 1.54) is 35.7 Å². The van der Waals surface area contributed by atoms with Crippen molar-refractivity contribution in [1.82, 2.24) is 14.9 Å². The minimum atomic E-state index is -0.305. The molecule has 3 aromatic rings. The molecule has 26 heavy (non-hydrogen) atoms. The van der Waals surface area contributed by atoms with Crippen molar-refractivity contribution in [2.45, 2.75) is 13.0 Å². The van der Waals surface area contributed by atoms with Crippen molar-refractivity contribution in [3.05, 3.63) is 83.4 Å². The van der Waals surface area contributed by atoms with E-state index in [2.05, 4.69) is 27.4 Å². The number of hydrogen-bond acceptors (Lipinski definition) is 4. The molecular weight excluding hydrogens is 331 g/mol. The molecule has 0 unspecified atom stereocenters. The molecule has 4 rings (SSSR count). The molecule has 0 bridgehead atoms. The number of nitrogens with one attached hydrogen (secondary N) is 1. The highest BCUT2D eigenvalue weighted by molar-refractivity contribution is 5.93. The third-order valence-corrected chi connectivity index (χ3v) is 4.42. The Balaban J connectivity index is 1.45. The Morgan fingerprint density at radius 3 is 2.42 bits per heavy atom. The zero-order chi connectivity index (χ0) is 17.9. The monoisotopic (exact) mass is 348 g/mol. The quantitative estimate of drug-likeness (QED) is 0.786. The summed E-state index contributed by atoms with van der Waals surface area (Å²) in [5.41, 5.74) is 3.61. The Kier molecular flexibility index (Phi) is 4.31. The minimum Gasteiger partial charge on any atom is -0.334 e. The summed E-state index contributed by atoms with van der Waals surface area (Å²) >= 11 is 0. The Labute approximate surface area is 150 Å². The lowest BCUT2D eigenvalue weighted by molar-refractivity contribution is 0.0734. The van der Waals surface area contributed by atoms with Gasteiger partial charge in [0.2, 0.25) is 5.95 Å². The van der Waals surface area contributed by atoms with Gasteiger partial charge in [-0.15, -0.1) is 0 Å². The van der Waals surface area contributed by atoms with E-state index in [1.807, 2.05) is 17.0 Å². The van der Waals surface area contributed by atoms with E-state index in [1.54, 1.807) is 12.1 Å². The second-order valence-corrected chi connectivity index (χ2v) is 6.17. The van der Waals surface area contributed by atoms with Crippen LogP contribution in [0.25, 0.3) is 0 Å². The molecule has 0 saturated carbocycles. The number of amides is 1. The number of nitrogens with zero attached hydrogens (tertiary/aromatic N) is 3. The van der Waals surface area contributed by atoms with Crippen molar-refractivity contribution in [2.75, 3.05) is 11.9 Å². The molecule has 0 saturated heterocycles. The molecule has 5 nitrogen and oxygen atoms in total. The molecule has 0 spiro atoms. The van der Waals surface area contributed by atoms with Gasteiger partial charge >= 0.3 is 0 Å². The van der Waals surface area contributed by atoms with Crippen molar-refractivity contribution in [3.63, 3.8) is 0 Å². The first-order valence-corrected chi connectivity index (χ1v) is 8.40. The van der Waals surface area contributed by atoms with Crippen LogP contribution in [0.2, 0.25) is 0 Å². The molecule has 1 N–H and O–H groups in total. The lowest BCUT2D eigenvalue weighted by Crippen LogP contribution is -2.36. The normalized spacial score (nSPS) is 13.2. The molecule has 130 valence electrons. The van der Waals surface area contributed by atoms with Gasteiger partial charge in [0, 0.05) is 31.2 Å². The maximum atomic E-state index is 12.9. The number of benzene rings is 2. The molecular formula is C20H17FN4O. The van der Waals surface area contributed by atoms with Crippen LogP contribution in [0.5, 0.6) is 0 Å². The van der Waals surface area contributed by atoms with Crippen LogP contribution in [0, 0.1) is 5.82 Å². The van der Waals surface area contributed by atoms with Crippen molar-refractivity contribution in [1.29, 1.82) is 0 Å². The van der Waals surface area contributed by atoms with Crippen LogP contribution in [-0.4, -0.2) is 27.3 Å². The number of halogens is 1. The Bertz CT molecular complexity index is 925. The van der Waals surface area contributed by atoms with E-state index >= 15 is 0 Å². The van der Waals surface area contributed by atoms with Gasteiger partial charge in [-0.25, -0.2) is 14.4 Å². The van der Waals surface area contributed by atoms with Crippen molar-refractivity contribution in [3.8, 4) is 0 Å². The highest BCUT2D eigenvalue weighted by atomic mass is 19.1. The van der Waals surface area contributed by atoms with Crippen LogP contribution in [-0.2, 0) is 13.0 Å². The molecule has 1 aliphatic heterocycles. The Morgan fingerprint density at radius 1 is 1.00 bits per heavy atom. The van der Waals surface area contributed by atoms with E-state index in [9.17, 15) is 9.18 Å². The molecule has 2 heterocycles. The SMILES string of the molecule is O=C(c1cnc(Nc2ccc(F)cc2)nc1)N1CCc2ccccc2C1. The van der Waals surface area contributed by atoms with Gasteiger partial charge in [0.05, 0.1) is 5.56 Å². The van der Waals surface area contributed by atoms with Crippen molar-refractivity contribution in [2.24, 2.45) is 0 Å². The first-order chi connectivity index (χ1) is 12.7. The first kappa shape index (κ1) is 16.2. The summed E-state index contributed by atoms with van der Waals surface area (Å²) in [6.45, 7) is 1.29. The number of rotatable bonds is 3. The summed E-state index contributed by atoms with van der Waals surface area (Å²) in [5, 5.41) is 2.98. The number of fused-ring (bicyclic) bond motifs is 1. The van der Waals surface area contributed by atoms with E-state index in [-0.39, 0.29) is 11.7 Å². The smallest absolute Gasteiger partial charge is 0.257 e. The van der Waals surface area contributed by atoms with Gasteiger partial charge in [-0.2, -0.15) is 0 Å². The van der Waals surface area contributed by atoms with Gasteiger partial charge in [0.25, 0.3) is 5.91 Å². The average Bonchev–Trinajstić information content (AvgIpc) is 2.69. The molecule has 2 aromatic carbocycles. The Morgan fingerprint density at radius 2 is 1.69 bits per heavy atom. The van der Waals surface area contributed by atoms with E-state index in [0.717, 1.165) is 6.42 Å². The molecule has 0 fully saturated rings. The summed E-state index contributed by atoms with van der Waals surface area (Å²) in [4.78, 5) is 22.9. The molecule has 1 amide bonds. The molecule has 0 aliphatic carbocycles. The zero-order valence-electron chi connectivity index (χ0n) is 14.0. The predicted octanol–water partition coefficient (Wildman–Crippen LogP) is 3.56. The van der Waals surface area contributed by atoms with Gasteiger partial charge in [-0.1, -0.05) is 24.3 Å². The summed E-state index contributed by atoms with van der Waals surface area (Å²) in [5.74, 6) is -0.0227. The third-order valence-electron chi connectivity index (χ3n) is 4.42. The second-order valence-electron chi connectivity index (χ2n) is 6.17. The molecule has 0 radical (unpaired) electrons. The van der Waals surface area contributed by atoms with E-state index < -0.39 is 0 Å². The fourth-order valence-corrected chi connectivity index (χ4v) is 3.02. The van der Waals surface area contributed by atoms with Crippen LogP contribution in [0.3, 0.4) is 0 Å². The van der Waals surface area contributed by atoms with Crippen molar-refractivity contribution < 1.29 is 9.18 Å². The third kappa shape index (κ3) is 3.39. The highest BCUT2D eigenvalue weighted by Crippen LogP contribution is 2.20. The lowest BCUT2D eigenvalue weighted by atomic mass is 9.99. The van der Waals surface area contributed by atoms with Crippen molar-refractivity contribution >= 4 is 17.5 Å². The maximum Gasteiger partial charge on any atom is 0.257 e. The van der Waals surface area contributed by atoms with Crippen LogP contribution in [0.4, 0.5) is 16.0 Å². The molecule has 6 heteroatoms. The summed E-state index contributed by atoms with van der Waals surface area (Å²) in [7, 11) is 0. The molecule has 0 atom stereocenters. The van der Waals surface area contributed by atoms with E-state index in [4.69, 9.17) is 0 Å². The van der Waals surface area contributed by atoms with Gasteiger partial charge < -0.3 is 10.2 Å². The van der Waals surface area contributed by atoms with Gasteiger partial charge in [0.1, 0.15) is 5.82 Å². The van der Waals surface area contributed by atoms with Gasteiger partial charge in [-0.3, -0.25) is 4.79 Å². The fourth-order valence-electron chi connectivity index (χ4n) is 3.02. The van der Waals surface area contributed by atoms with E-state index in [0.29, 0.717) is 30.3 Å². The highest BCUT2D eigenvalue weighted by Gasteiger charge is 2.22. The number of carbonyl (C=O) groups excluding carboxylic acids is 1. The van der Waals surface area contributed by atoms with Crippen LogP contribution in [0.1, 0.15) is 21.5 Å². The zero-order valence-corrected chi connectivity index (χ0v) is 14.0. The number of aromatic nitrogens is 2. The number of anilines is 2. The minimum absolute atomic E-state index is 0.0761. The summed E-state index contributed by atoms with van der Waals surface area (Å²) in [6.07, 6.45) is 3.89. The second kappa shape index (κ2) is 6.92. The first-order valence-electron chi connectivity index (χ1n) is 8.40. The number of carbonyl (C=O) groups is 1.